The molecule has 1 heterocycles. The molecular formula is C15H19BrN2O2. The Morgan fingerprint density at radius 3 is 2.65 bits per heavy atom. The molecule has 1 fully saturated rings. The van der Waals surface area contributed by atoms with Crippen LogP contribution in [0.3, 0.4) is 0 Å². The summed E-state index contributed by atoms with van der Waals surface area (Å²) in [6.07, 6.45) is 0.936. The standard InChI is InChI=1S/C15H19BrN2O2/c1-4-12-15(20)18(6-5-13(19)17-12)14-10(3)7-9(2)8-11(14)16/h7-8,12H,4-6H2,1-3H3,(H,17,19). The van der Waals surface area contributed by atoms with Crippen molar-refractivity contribution in [3.8, 4) is 0 Å². The van der Waals surface area contributed by atoms with Crippen LogP contribution in [0.5, 0.6) is 0 Å². The minimum Gasteiger partial charge on any atom is -0.344 e. The lowest BCUT2D eigenvalue weighted by molar-refractivity contribution is -0.125. The number of nitrogens with one attached hydrogen (secondary N) is 1. The zero-order chi connectivity index (χ0) is 14.9. The summed E-state index contributed by atoms with van der Waals surface area (Å²) < 4.78 is 0.896. The molecule has 5 heteroatoms. The van der Waals surface area contributed by atoms with Gasteiger partial charge in [0.1, 0.15) is 6.04 Å². The van der Waals surface area contributed by atoms with Crippen molar-refractivity contribution in [1.82, 2.24) is 5.32 Å². The molecule has 1 N–H and O–H groups in total. The predicted molar refractivity (Wildman–Crippen MR) is 82.8 cm³/mol. The first kappa shape index (κ1) is 15.0. The maximum atomic E-state index is 12.6. The fraction of sp³-hybridized carbons (Fsp3) is 0.467. The highest BCUT2D eigenvalue weighted by Crippen LogP contribution is 2.32. The molecule has 1 aliphatic rings. The van der Waals surface area contributed by atoms with E-state index >= 15 is 0 Å². The van der Waals surface area contributed by atoms with Crippen molar-refractivity contribution in [2.45, 2.75) is 39.7 Å². The number of hydrogen-bond donors (Lipinski definition) is 1. The van der Waals surface area contributed by atoms with Crippen molar-refractivity contribution in [1.29, 1.82) is 0 Å². The average molecular weight is 339 g/mol. The zero-order valence-corrected chi connectivity index (χ0v) is 13.6. The molecule has 2 amide bonds. The summed E-state index contributed by atoms with van der Waals surface area (Å²) in [6.45, 7) is 6.33. The highest BCUT2D eigenvalue weighted by atomic mass is 79.9. The van der Waals surface area contributed by atoms with Crippen molar-refractivity contribution in [3.63, 3.8) is 0 Å². The van der Waals surface area contributed by atoms with Gasteiger partial charge in [0.05, 0.1) is 5.69 Å². The zero-order valence-electron chi connectivity index (χ0n) is 12.0. The first-order valence-electron chi connectivity index (χ1n) is 6.81. The van der Waals surface area contributed by atoms with Gasteiger partial charge < -0.3 is 10.2 Å². The molecule has 1 aromatic rings. The van der Waals surface area contributed by atoms with Crippen LogP contribution < -0.4 is 10.2 Å². The van der Waals surface area contributed by atoms with Gasteiger partial charge in [0, 0.05) is 17.4 Å². The van der Waals surface area contributed by atoms with E-state index in [2.05, 4.69) is 27.3 Å². The second-order valence-corrected chi connectivity index (χ2v) is 6.03. The molecule has 0 radical (unpaired) electrons. The van der Waals surface area contributed by atoms with Crippen LogP contribution in [0.2, 0.25) is 0 Å². The van der Waals surface area contributed by atoms with Crippen LogP contribution in [0.4, 0.5) is 5.69 Å². The maximum absolute atomic E-state index is 12.6. The lowest BCUT2D eigenvalue weighted by Gasteiger charge is -2.26. The second-order valence-electron chi connectivity index (χ2n) is 5.18. The number of anilines is 1. The van der Waals surface area contributed by atoms with Gasteiger partial charge in [0.25, 0.3) is 0 Å². The Labute approximate surface area is 127 Å². The second kappa shape index (κ2) is 5.95. The molecule has 1 unspecified atom stereocenters. The smallest absolute Gasteiger partial charge is 0.249 e. The molecule has 0 aromatic heterocycles. The molecule has 0 bridgehead atoms. The number of benzene rings is 1. The monoisotopic (exact) mass is 338 g/mol. The van der Waals surface area contributed by atoms with E-state index in [1.54, 1.807) is 4.90 Å². The van der Waals surface area contributed by atoms with E-state index in [-0.39, 0.29) is 11.8 Å². The summed E-state index contributed by atoms with van der Waals surface area (Å²) in [6, 6.07) is 3.61. The third-order valence-electron chi connectivity index (χ3n) is 3.54. The summed E-state index contributed by atoms with van der Waals surface area (Å²) >= 11 is 3.54. The van der Waals surface area contributed by atoms with E-state index in [0.717, 1.165) is 21.3 Å². The molecule has 2 rings (SSSR count). The van der Waals surface area contributed by atoms with E-state index in [9.17, 15) is 9.59 Å². The van der Waals surface area contributed by atoms with E-state index in [4.69, 9.17) is 0 Å². The van der Waals surface area contributed by atoms with E-state index < -0.39 is 6.04 Å². The highest BCUT2D eigenvalue weighted by Gasteiger charge is 2.31. The summed E-state index contributed by atoms with van der Waals surface area (Å²) in [5, 5.41) is 2.78. The van der Waals surface area contributed by atoms with Crippen LogP contribution in [0, 0.1) is 13.8 Å². The molecular weight excluding hydrogens is 320 g/mol. The summed E-state index contributed by atoms with van der Waals surface area (Å²) in [4.78, 5) is 26.0. The molecule has 1 aromatic carbocycles. The number of hydrogen-bond acceptors (Lipinski definition) is 2. The molecule has 1 saturated heterocycles. The number of aryl methyl sites for hydroxylation is 2. The minimum atomic E-state index is -0.433. The lowest BCUT2D eigenvalue weighted by atomic mass is 10.1. The number of nitrogens with zero attached hydrogens (tertiary/aromatic N) is 1. The fourth-order valence-corrected chi connectivity index (χ4v) is 3.48. The molecule has 0 saturated carbocycles. The maximum Gasteiger partial charge on any atom is 0.249 e. The predicted octanol–water partition coefficient (Wildman–Crippen LogP) is 2.70. The van der Waals surface area contributed by atoms with Gasteiger partial charge in [-0.15, -0.1) is 0 Å². The van der Waals surface area contributed by atoms with Crippen molar-refractivity contribution in [2.24, 2.45) is 0 Å². The topological polar surface area (TPSA) is 49.4 Å². The summed E-state index contributed by atoms with van der Waals surface area (Å²) in [5.74, 6) is -0.0976. The van der Waals surface area contributed by atoms with Gasteiger partial charge in [-0.1, -0.05) is 13.0 Å². The van der Waals surface area contributed by atoms with Gasteiger partial charge in [-0.2, -0.15) is 0 Å². The molecule has 4 nitrogen and oxygen atoms in total. The third-order valence-corrected chi connectivity index (χ3v) is 4.14. The van der Waals surface area contributed by atoms with Crippen LogP contribution in [-0.2, 0) is 9.59 Å². The SMILES string of the molecule is CCC1NC(=O)CCN(c2c(C)cc(C)cc2Br)C1=O. The lowest BCUT2D eigenvalue weighted by Crippen LogP contribution is -2.44. The van der Waals surface area contributed by atoms with Gasteiger partial charge in [-0.25, -0.2) is 0 Å². The Hall–Kier alpha value is -1.36. The Morgan fingerprint density at radius 2 is 2.05 bits per heavy atom. The Kier molecular flexibility index (Phi) is 4.48. The van der Waals surface area contributed by atoms with Crippen molar-refractivity contribution in [3.05, 3.63) is 27.7 Å². The van der Waals surface area contributed by atoms with Crippen LogP contribution in [-0.4, -0.2) is 24.4 Å². The minimum absolute atomic E-state index is 0.0361. The van der Waals surface area contributed by atoms with Gasteiger partial charge in [0.15, 0.2) is 0 Å². The Balaban J connectivity index is 2.45. The number of amides is 2. The molecule has 108 valence electrons. The Bertz CT molecular complexity index is 534. The highest BCUT2D eigenvalue weighted by molar-refractivity contribution is 9.10. The van der Waals surface area contributed by atoms with Gasteiger partial charge in [-0.05, 0) is 53.4 Å². The van der Waals surface area contributed by atoms with Gasteiger partial charge in [0.2, 0.25) is 11.8 Å². The number of carbonyl (C=O) groups is 2. The first-order chi connectivity index (χ1) is 9.43. The van der Waals surface area contributed by atoms with Crippen molar-refractivity contribution < 1.29 is 9.59 Å². The average Bonchev–Trinajstić information content (AvgIpc) is 2.50. The summed E-state index contributed by atoms with van der Waals surface area (Å²) in [5.41, 5.74) is 3.05. The van der Waals surface area contributed by atoms with E-state index in [1.807, 2.05) is 26.8 Å². The first-order valence-corrected chi connectivity index (χ1v) is 7.60. The van der Waals surface area contributed by atoms with Gasteiger partial charge >= 0.3 is 0 Å². The van der Waals surface area contributed by atoms with E-state index in [0.29, 0.717) is 19.4 Å². The summed E-state index contributed by atoms with van der Waals surface area (Å²) in [7, 11) is 0. The number of carbonyl (C=O) groups excluding carboxylic acids is 2. The molecule has 20 heavy (non-hydrogen) atoms. The largest absolute Gasteiger partial charge is 0.344 e. The van der Waals surface area contributed by atoms with Crippen LogP contribution in [0.15, 0.2) is 16.6 Å². The molecule has 1 atom stereocenters. The normalized spacial score (nSPS) is 19.8. The molecule has 0 spiro atoms. The quantitative estimate of drug-likeness (QED) is 0.901. The van der Waals surface area contributed by atoms with Crippen molar-refractivity contribution >= 4 is 33.4 Å². The number of rotatable bonds is 2. The molecule has 1 aliphatic heterocycles. The fourth-order valence-electron chi connectivity index (χ4n) is 2.59. The van der Waals surface area contributed by atoms with E-state index in [1.165, 1.54) is 0 Å². The van der Waals surface area contributed by atoms with Crippen LogP contribution >= 0.6 is 15.9 Å². The Morgan fingerprint density at radius 1 is 1.35 bits per heavy atom. The number of halogens is 1. The van der Waals surface area contributed by atoms with Gasteiger partial charge in [-0.3, -0.25) is 9.59 Å². The third kappa shape index (κ3) is 2.87. The molecule has 0 aliphatic carbocycles. The van der Waals surface area contributed by atoms with Crippen LogP contribution in [0.25, 0.3) is 0 Å². The van der Waals surface area contributed by atoms with Crippen LogP contribution in [0.1, 0.15) is 30.9 Å². The van der Waals surface area contributed by atoms with Crippen molar-refractivity contribution in [2.75, 3.05) is 11.4 Å².